The molecule has 10 atom stereocenters. The van der Waals surface area contributed by atoms with Crippen LogP contribution in [0.1, 0.15) is 11.7 Å². The zero-order valence-corrected chi connectivity index (χ0v) is 20.6. The quantitative estimate of drug-likeness (QED) is 0.181. The molecule has 4 aliphatic rings. The molecule has 3 heterocycles. The summed E-state index contributed by atoms with van der Waals surface area (Å²) in [6.07, 6.45) is -5.05. The molecule has 6 N–H and O–H groups in total. The minimum Gasteiger partial charge on any atom is -0.508 e. The second-order valence-corrected chi connectivity index (χ2v) is 9.65. The molecule has 1 saturated heterocycles. The van der Waals surface area contributed by atoms with E-state index in [1.165, 1.54) is 43.5 Å². The molecule has 0 unspecified atom stereocenters. The van der Waals surface area contributed by atoms with Crippen molar-refractivity contribution in [2.24, 2.45) is 11.8 Å². The lowest BCUT2D eigenvalue weighted by Crippen LogP contribution is -2.60. The highest BCUT2D eigenvalue weighted by molar-refractivity contribution is 5.94. The van der Waals surface area contributed by atoms with Crippen LogP contribution >= 0.6 is 0 Å². The largest absolute Gasteiger partial charge is 0.508 e. The minimum atomic E-state index is -1.74. The summed E-state index contributed by atoms with van der Waals surface area (Å²) >= 11 is 0. The Kier molecular flexibility index (Phi) is 7.24. The first kappa shape index (κ1) is 27.3. The van der Waals surface area contributed by atoms with E-state index in [0.717, 1.165) is 6.26 Å². The van der Waals surface area contributed by atoms with Crippen molar-refractivity contribution < 1.29 is 63.9 Å². The SMILES string of the molecule is COC(=O)C1=CO[C@H](O[C@@H]2O[C@H](CO)[C@@H](O)[C@H](O)[C@H]2O)[C@H]2[C@H]1C=C[C@@]21C=C([C@@H](O)c2ccc(O)cc2)C(=O)O1. The molecule has 1 fully saturated rings. The molecule has 0 amide bonds. The van der Waals surface area contributed by atoms with Gasteiger partial charge < -0.3 is 54.3 Å². The number of aliphatic hydroxyl groups excluding tert-OH is 5. The summed E-state index contributed by atoms with van der Waals surface area (Å²) in [6, 6.07) is 5.60. The molecule has 0 bridgehead atoms. The van der Waals surface area contributed by atoms with Crippen molar-refractivity contribution in [3.63, 3.8) is 0 Å². The Bertz CT molecular complexity index is 1200. The van der Waals surface area contributed by atoms with Crippen molar-refractivity contribution in [3.05, 3.63) is 65.5 Å². The van der Waals surface area contributed by atoms with Gasteiger partial charge in [-0.25, -0.2) is 9.59 Å². The van der Waals surface area contributed by atoms with E-state index in [-0.39, 0.29) is 16.9 Å². The number of allylic oxidation sites excluding steroid dienone is 1. The van der Waals surface area contributed by atoms with Gasteiger partial charge in [0, 0.05) is 5.92 Å². The number of phenolic OH excluding ortho intramolecular Hbond substituents is 1. The molecule has 0 aromatic heterocycles. The van der Waals surface area contributed by atoms with Crippen molar-refractivity contribution in [2.45, 2.75) is 48.7 Å². The highest BCUT2D eigenvalue weighted by Gasteiger charge is 2.60. The predicted octanol–water partition coefficient (Wildman–Crippen LogP) is -1.32. The molecule has 39 heavy (non-hydrogen) atoms. The number of benzene rings is 1. The number of aliphatic hydroxyl groups is 5. The molecule has 13 heteroatoms. The molecule has 13 nitrogen and oxygen atoms in total. The number of fused-ring (bicyclic) bond motifs is 2. The van der Waals surface area contributed by atoms with Crippen LogP contribution in [0.2, 0.25) is 0 Å². The summed E-state index contributed by atoms with van der Waals surface area (Å²) in [4.78, 5) is 25.5. The minimum absolute atomic E-state index is 0.0263. The first-order valence-corrected chi connectivity index (χ1v) is 12.1. The van der Waals surface area contributed by atoms with Gasteiger partial charge in [0.1, 0.15) is 36.3 Å². The zero-order chi connectivity index (χ0) is 28.1. The monoisotopic (exact) mass is 548 g/mol. The maximum Gasteiger partial charge on any atom is 0.338 e. The Morgan fingerprint density at radius 1 is 1.10 bits per heavy atom. The van der Waals surface area contributed by atoms with Crippen molar-refractivity contribution in [2.75, 3.05) is 13.7 Å². The van der Waals surface area contributed by atoms with E-state index in [9.17, 15) is 40.2 Å². The number of carbonyl (C=O) groups excluding carboxylic acids is 2. The normalized spacial score (nSPS) is 37.9. The highest BCUT2D eigenvalue weighted by Crippen LogP contribution is 2.51. The van der Waals surface area contributed by atoms with E-state index >= 15 is 0 Å². The van der Waals surface area contributed by atoms with Gasteiger partial charge in [0.15, 0.2) is 11.9 Å². The van der Waals surface area contributed by atoms with E-state index in [0.29, 0.717) is 5.56 Å². The number of methoxy groups -OCH3 is 1. The average molecular weight is 548 g/mol. The molecule has 1 aromatic carbocycles. The lowest BCUT2D eigenvalue weighted by Gasteiger charge is -2.44. The van der Waals surface area contributed by atoms with E-state index in [4.69, 9.17) is 23.7 Å². The van der Waals surface area contributed by atoms with Gasteiger partial charge in [-0.1, -0.05) is 18.2 Å². The number of esters is 2. The third kappa shape index (κ3) is 4.61. The maximum absolute atomic E-state index is 13.0. The van der Waals surface area contributed by atoms with Crippen molar-refractivity contribution >= 4 is 11.9 Å². The Morgan fingerprint density at radius 2 is 1.82 bits per heavy atom. The van der Waals surface area contributed by atoms with E-state index in [2.05, 4.69) is 0 Å². The molecule has 3 aliphatic heterocycles. The molecule has 1 aliphatic carbocycles. The number of phenols is 1. The third-order valence-corrected chi connectivity index (χ3v) is 7.38. The van der Waals surface area contributed by atoms with Gasteiger partial charge in [-0.2, -0.15) is 0 Å². The van der Waals surface area contributed by atoms with Gasteiger partial charge in [-0.15, -0.1) is 0 Å². The first-order chi connectivity index (χ1) is 18.6. The zero-order valence-electron chi connectivity index (χ0n) is 20.6. The van der Waals surface area contributed by atoms with Gasteiger partial charge in [-0.05, 0) is 29.8 Å². The van der Waals surface area contributed by atoms with E-state index < -0.39 is 79.1 Å². The third-order valence-electron chi connectivity index (χ3n) is 7.38. The number of hydrogen-bond donors (Lipinski definition) is 6. The standard InChI is InChI=1S/C26H28O13/c1-35-22(33)15-10-36-24(38-25-21(32)20(31)19(30)16(9-27)37-25)17-13(15)6-7-26(17)8-14(23(34)39-26)18(29)11-2-4-12(28)5-3-11/h2-8,10,13,16-21,24-25,27-32H,9H2,1H3/t13-,16+,17+,18-,19+,20-,21+,24+,25-,26+/m0/s1. The van der Waals surface area contributed by atoms with Crippen LogP contribution < -0.4 is 0 Å². The smallest absolute Gasteiger partial charge is 0.338 e. The van der Waals surface area contributed by atoms with Gasteiger partial charge >= 0.3 is 11.9 Å². The summed E-state index contributed by atoms with van der Waals surface area (Å²) in [5, 5.41) is 60.7. The molecule has 1 aromatic rings. The van der Waals surface area contributed by atoms with Gasteiger partial charge in [0.2, 0.25) is 6.29 Å². The Hall–Kier alpha value is -3.30. The summed E-state index contributed by atoms with van der Waals surface area (Å²) in [5.41, 5.74) is -1.27. The van der Waals surface area contributed by atoms with Crippen LogP contribution in [0.4, 0.5) is 0 Å². The lowest BCUT2D eigenvalue weighted by molar-refractivity contribution is -0.344. The number of aromatic hydroxyl groups is 1. The maximum atomic E-state index is 13.0. The van der Waals surface area contributed by atoms with Crippen LogP contribution in [-0.2, 0) is 33.3 Å². The van der Waals surface area contributed by atoms with Crippen LogP contribution in [0.3, 0.4) is 0 Å². The van der Waals surface area contributed by atoms with Crippen molar-refractivity contribution in [1.82, 2.24) is 0 Å². The lowest BCUT2D eigenvalue weighted by atomic mass is 9.78. The van der Waals surface area contributed by atoms with E-state index in [1.54, 1.807) is 6.08 Å². The molecule has 1 spiro atoms. The summed E-state index contributed by atoms with van der Waals surface area (Å²) in [7, 11) is 1.19. The van der Waals surface area contributed by atoms with Gasteiger partial charge in [0.05, 0.1) is 37.0 Å². The van der Waals surface area contributed by atoms with Crippen LogP contribution in [0, 0.1) is 11.8 Å². The fraction of sp³-hybridized carbons (Fsp3) is 0.462. The van der Waals surface area contributed by atoms with E-state index in [1.807, 2.05) is 0 Å². The Morgan fingerprint density at radius 3 is 2.49 bits per heavy atom. The molecule has 0 saturated carbocycles. The molecule has 210 valence electrons. The fourth-order valence-electron chi connectivity index (χ4n) is 5.30. The van der Waals surface area contributed by atoms with Crippen LogP contribution in [0.5, 0.6) is 5.75 Å². The second-order valence-electron chi connectivity index (χ2n) is 9.65. The summed E-state index contributed by atoms with van der Waals surface area (Å²) < 4.78 is 27.6. The van der Waals surface area contributed by atoms with Crippen molar-refractivity contribution in [1.29, 1.82) is 0 Å². The Labute approximate surface area is 221 Å². The topological polar surface area (TPSA) is 202 Å². The fourth-order valence-corrected chi connectivity index (χ4v) is 5.30. The Balaban J connectivity index is 1.49. The van der Waals surface area contributed by atoms with Crippen LogP contribution in [0.25, 0.3) is 0 Å². The number of carbonyl (C=O) groups is 2. The van der Waals surface area contributed by atoms with Gasteiger partial charge in [-0.3, -0.25) is 0 Å². The summed E-state index contributed by atoms with van der Waals surface area (Å²) in [6.45, 7) is -0.681. The predicted molar refractivity (Wildman–Crippen MR) is 126 cm³/mol. The molecular formula is C26H28O13. The highest BCUT2D eigenvalue weighted by atomic mass is 16.8. The van der Waals surface area contributed by atoms with Crippen molar-refractivity contribution in [3.8, 4) is 5.75 Å². The summed E-state index contributed by atoms with van der Waals surface area (Å²) in [5.74, 6) is -3.34. The van der Waals surface area contributed by atoms with Gasteiger partial charge in [0.25, 0.3) is 0 Å². The molecule has 0 radical (unpaired) electrons. The van der Waals surface area contributed by atoms with Crippen LogP contribution in [0.15, 0.2) is 59.9 Å². The number of rotatable bonds is 6. The molecular weight excluding hydrogens is 520 g/mol. The second kappa shape index (κ2) is 10.4. The molecule has 5 rings (SSSR count). The average Bonchev–Trinajstić information content (AvgIpc) is 3.48. The number of ether oxygens (including phenoxy) is 5. The first-order valence-electron chi connectivity index (χ1n) is 12.1. The number of hydrogen-bond acceptors (Lipinski definition) is 13. The van der Waals surface area contributed by atoms with Crippen LogP contribution in [-0.4, -0.2) is 98.9 Å².